The van der Waals surface area contributed by atoms with E-state index in [9.17, 15) is 14.0 Å². The highest BCUT2D eigenvalue weighted by molar-refractivity contribution is 5.99. The molecule has 3 aromatic carbocycles. The standard InChI is InChI=1S/C25H18FNO3/c1-15-7-12-20-19(13-15)23(28)21-22(17-5-3-2-4-6-17)27(25(29)24(21)30-20)14-16-8-10-18(26)11-9-16/h2-13,22H,14H2,1H3. The number of nitrogens with zero attached hydrogens (tertiary/aromatic N) is 1. The summed E-state index contributed by atoms with van der Waals surface area (Å²) in [6.07, 6.45) is 0. The molecule has 0 fully saturated rings. The predicted molar refractivity (Wildman–Crippen MR) is 112 cm³/mol. The second-order valence-corrected chi connectivity index (χ2v) is 7.55. The lowest BCUT2D eigenvalue weighted by molar-refractivity contribution is 0.0714. The van der Waals surface area contributed by atoms with Gasteiger partial charge in [0.15, 0.2) is 5.43 Å². The lowest BCUT2D eigenvalue weighted by Gasteiger charge is -2.25. The fraction of sp³-hybridized carbons (Fsp3) is 0.120. The molecule has 0 bridgehead atoms. The van der Waals surface area contributed by atoms with Gasteiger partial charge in [0.2, 0.25) is 5.76 Å². The van der Waals surface area contributed by atoms with Crippen molar-refractivity contribution in [3.63, 3.8) is 0 Å². The third kappa shape index (κ3) is 2.90. The Labute approximate surface area is 172 Å². The van der Waals surface area contributed by atoms with Gasteiger partial charge >= 0.3 is 0 Å². The van der Waals surface area contributed by atoms with Gasteiger partial charge in [-0.15, -0.1) is 0 Å². The van der Waals surface area contributed by atoms with Crippen LogP contribution in [0.25, 0.3) is 11.0 Å². The Morgan fingerprint density at radius 2 is 1.70 bits per heavy atom. The zero-order chi connectivity index (χ0) is 20.8. The van der Waals surface area contributed by atoms with Crippen LogP contribution in [0.3, 0.4) is 0 Å². The molecule has 4 nitrogen and oxygen atoms in total. The monoisotopic (exact) mass is 399 g/mol. The third-order valence-corrected chi connectivity index (χ3v) is 5.50. The fourth-order valence-electron chi connectivity index (χ4n) is 4.07. The quantitative estimate of drug-likeness (QED) is 0.488. The molecule has 1 aromatic heterocycles. The van der Waals surface area contributed by atoms with Crippen molar-refractivity contribution in [2.45, 2.75) is 19.5 Å². The summed E-state index contributed by atoms with van der Waals surface area (Å²) in [5.74, 6) is -0.608. The van der Waals surface area contributed by atoms with Crippen molar-refractivity contribution in [1.82, 2.24) is 4.90 Å². The zero-order valence-corrected chi connectivity index (χ0v) is 16.3. The number of halogens is 1. The van der Waals surface area contributed by atoms with Crippen molar-refractivity contribution in [2.24, 2.45) is 0 Å². The van der Waals surface area contributed by atoms with Crippen LogP contribution in [0.2, 0.25) is 0 Å². The number of amides is 1. The lowest BCUT2D eigenvalue weighted by atomic mass is 9.98. The molecule has 0 N–H and O–H groups in total. The zero-order valence-electron chi connectivity index (χ0n) is 16.3. The summed E-state index contributed by atoms with van der Waals surface area (Å²) in [7, 11) is 0. The number of hydrogen-bond acceptors (Lipinski definition) is 3. The summed E-state index contributed by atoms with van der Waals surface area (Å²) in [6, 6.07) is 20.2. The first-order valence-electron chi connectivity index (χ1n) is 9.70. The minimum absolute atomic E-state index is 0.0762. The topological polar surface area (TPSA) is 50.5 Å². The van der Waals surface area contributed by atoms with Crippen molar-refractivity contribution in [3.8, 4) is 0 Å². The third-order valence-electron chi connectivity index (χ3n) is 5.50. The molecule has 5 rings (SSSR count). The summed E-state index contributed by atoms with van der Waals surface area (Å²) < 4.78 is 19.3. The molecule has 5 heteroatoms. The lowest BCUT2D eigenvalue weighted by Crippen LogP contribution is -2.29. The number of carbonyl (C=O) groups is 1. The van der Waals surface area contributed by atoms with Gasteiger partial charge in [0.25, 0.3) is 5.91 Å². The summed E-state index contributed by atoms with van der Waals surface area (Å²) in [5, 5.41) is 0.464. The molecular weight excluding hydrogens is 381 g/mol. The van der Waals surface area contributed by atoms with E-state index in [-0.39, 0.29) is 29.5 Å². The molecule has 1 unspecified atom stereocenters. The van der Waals surface area contributed by atoms with Crippen LogP contribution in [-0.2, 0) is 6.54 Å². The Morgan fingerprint density at radius 3 is 2.43 bits per heavy atom. The molecular formula is C25H18FNO3. The van der Waals surface area contributed by atoms with Gasteiger partial charge in [-0.1, -0.05) is 54.1 Å². The Morgan fingerprint density at radius 1 is 0.967 bits per heavy atom. The van der Waals surface area contributed by atoms with E-state index in [1.54, 1.807) is 29.2 Å². The van der Waals surface area contributed by atoms with Gasteiger partial charge in [0.1, 0.15) is 11.4 Å². The first-order valence-corrected chi connectivity index (χ1v) is 9.70. The molecule has 0 aliphatic carbocycles. The van der Waals surface area contributed by atoms with E-state index < -0.39 is 6.04 Å². The van der Waals surface area contributed by atoms with Gasteiger partial charge in [-0.3, -0.25) is 9.59 Å². The predicted octanol–water partition coefficient (Wildman–Crippen LogP) is 4.99. The molecule has 1 amide bonds. The van der Waals surface area contributed by atoms with Gasteiger partial charge in [0.05, 0.1) is 17.0 Å². The molecule has 0 saturated carbocycles. The minimum atomic E-state index is -0.570. The highest BCUT2D eigenvalue weighted by Gasteiger charge is 2.42. The van der Waals surface area contributed by atoms with Crippen molar-refractivity contribution in [2.75, 3.05) is 0 Å². The van der Waals surface area contributed by atoms with Gasteiger partial charge in [-0.25, -0.2) is 4.39 Å². The molecule has 1 aliphatic rings. The summed E-state index contributed by atoms with van der Waals surface area (Å²) in [4.78, 5) is 28.4. The van der Waals surface area contributed by atoms with Crippen LogP contribution in [0.4, 0.5) is 4.39 Å². The number of benzene rings is 3. The second kappa shape index (κ2) is 6.95. The Balaban J connectivity index is 1.72. The first kappa shape index (κ1) is 18.3. The Hall–Kier alpha value is -3.73. The van der Waals surface area contributed by atoms with Crippen molar-refractivity contribution < 1.29 is 13.6 Å². The van der Waals surface area contributed by atoms with Crippen LogP contribution in [0.1, 0.15) is 38.9 Å². The normalized spacial score (nSPS) is 15.6. The first-order chi connectivity index (χ1) is 14.5. The molecule has 2 heterocycles. The van der Waals surface area contributed by atoms with E-state index in [0.717, 1.165) is 16.7 Å². The highest BCUT2D eigenvalue weighted by atomic mass is 19.1. The number of rotatable bonds is 3. The van der Waals surface area contributed by atoms with E-state index in [1.807, 2.05) is 43.3 Å². The van der Waals surface area contributed by atoms with E-state index in [4.69, 9.17) is 4.42 Å². The molecule has 4 aromatic rings. The fourth-order valence-corrected chi connectivity index (χ4v) is 4.07. The second-order valence-electron chi connectivity index (χ2n) is 7.55. The smallest absolute Gasteiger partial charge is 0.291 e. The molecule has 1 atom stereocenters. The number of fused-ring (bicyclic) bond motifs is 2. The molecule has 148 valence electrons. The summed E-state index contributed by atoms with van der Waals surface area (Å²) in [6.45, 7) is 2.14. The maximum Gasteiger partial charge on any atom is 0.291 e. The molecule has 1 aliphatic heterocycles. The van der Waals surface area contributed by atoms with Crippen molar-refractivity contribution in [3.05, 3.63) is 117 Å². The molecule has 30 heavy (non-hydrogen) atoms. The van der Waals surface area contributed by atoms with Crippen LogP contribution < -0.4 is 5.43 Å². The van der Waals surface area contributed by atoms with Crippen LogP contribution in [-0.4, -0.2) is 10.8 Å². The maximum absolute atomic E-state index is 13.5. The SMILES string of the molecule is Cc1ccc2oc3c(c(=O)c2c1)C(c1ccccc1)N(Cc1ccc(F)cc1)C3=O. The number of carbonyl (C=O) groups excluding carboxylic acids is 1. The van der Waals surface area contributed by atoms with Crippen molar-refractivity contribution in [1.29, 1.82) is 0 Å². The highest BCUT2D eigenvalue weighted by Crippen LogP contribution is 2.39. The van der Waals surface area contributed by atoms with Crippen molar-refractivity contribution >= 4 is 16.9 Å². The average Bonchev–Trinajstić information content (AvgIpc) is 3.03. The van der Waals surface area contributed by atoms with E-state index in [1.165, 1.54) is 12.1 Å². The molecule has 0 saturated heterocycles. The van der Waals surface area contributed by atoms with Gasteiger partial charge < -0.3 is 9.32 Å². The largest absolute Gasteiger partial charge is 0.450 e. The van der Waals surface area contributed by atoms with Gasteiger partial charge in [0, 0.05) is 6.54 Å². The minimum Gasteiger partial charge on any atom is -0.450 e. The molecule has 0 spiro atoms. The summed E-state index contributed by atoms with van der Waals surface area (Å²) >= 11 is 0. The Kier molecular flexibility index (Phi) is 4.24. The van der Waals surface area contributed by atoms with E-state index >= 15 is 0 Å². The van der Waals surface area contributed by atoms with Crippen LogP contribution in [0.15, 0.2) is 82.0 Å². The number of aryl methyl sites for hydroxylation is 1. The van der Waals surface area contributed by atoms with E-state index in [2.05, 4.69) is 0 Å². The molecule has 0 radical (unpaired) electrons. The Bertz CT molecular complexity index is 1330. The van der Waals surface area contributed by atoms with Crippen LogP contribution in [0.5, 0.6) is 0 Å². The number of hydrogen-bond donors (Lipinski definition) is 0. The van der Waals surface area contributed by atoms with Gasteiger partial charge in [-0.2, -0.15) is 0 Å². The van der Waals surface area contributed by atoms with Gasteiger partial charge in [-0.05, 0) is 42.3 Å². The van der Waals surface area contributed by atoms with Crippen LogP contribution in [0, 0.1) is 12.7 Å². The van der Waals surface area contributed by atoms with Crippen LogP contribution >= 0.6 is 0 Å². The van der Waals surface area contributed by atoms with E-state index in [0.29, 0.717) is 16.5 Å². The summed E-state index contributed by atoms with van der Waals surface area (Å²) in [5.41, 5.74) is 3.09. The average molecular weight is 399 g/mol. The maximum atomic E-state index is 13.5.